The smallest absolute Gasteiger partial charge is 0.0799 e. The molecule has 2 N–H and O–H groups in total. The molecule has 0 heterocycles. The van der Waals surface area contributed by atoms with E-state index in [9.17, 15) is 5.21 Å². The van der Waals surface area contributed by atoms with E-state index in [1.165, 1.54) is 30.4 Å². The Hall–Kier alpha value is -1.58. The molecule has 0 aromatic carbocycles. The van der Waals surface area contributed by atoms with Gasteiger partial charge in [0, 0.05) is 0 Å². The van der Waals surface area contributed by atoms with Crippen LogP contribution in [0.15, 0.2) is 33.6 Å². The fourth-order valence-corrected chi connectivity index (χ4v) is 6.83. The van der Waals surface area contributed by atoms with Gasteiger partial charge in [0.15, 0.2) is 0 Å². The third-order valence-corrected chi connectivity index (χ3v) is 8.23. The molecule has 4 heteroatoms. The Bertz CT molecular complexity index is 705. The molecule has 136 valence electrons. The first kappa shape index (κ1) is 16.9. The lowest BCUT2D eigenvalue weighted by Gasteiger charge is -2.58. The lowest BCUT2D eigenvalue weighted by Crippen LogP contribution is -2.50. The maximum atomic E-state index is 9.28. The van der Waals surface area contributed by atoms with E-state index in [4.69, 9.17) is 5.21 Å². The van der Waals surface area contributed by atoms with E-state index >= 15 is 0 Å². The Morgan fingerprint density at radius 2 is 1.88 bits per heavy atom. The molecule has 0 amide bonds. The molecular formula is C21H30N2O2. The van der Waals surface area contributed by atoms with E-state index in [0.29, 0.717) is 5.92 Å². The van der Waals surface area contributed by atoms with Gasteiger partial charge in [-0.15, -0.1) is 0 Å². The quantitative estimate of drug-likeness (QED) is 0.392. The molecule has 4 aliphatic carbocycles. The van der Waals surface area contributed by atoms with Crippen LogP contribution in [0.2, 0.25) is 0 Å². The average Bonchev–Trinajstić information content (AvgIpc) is 2.97. The Balaban J connectivity index is 1.66. The normalized spacial score (nSPS) is 45.3. The van der Waals surface area contributed by atoms with E-state index < -0.39 is 0 Å². The maximum absolute atomic E-state index is 9.28. The van der Waals surface area contributed by atoms with Gasteiger partial charge >= 0.3 is 0 Å². The summed E-state index contributed by atoms with van der Waals surface area (Å²) in [6.45, 7) is 6.79. The van der Waals surface area contributed by atoms with Crippen molar-refractivity contribution in [3.63, 3.8) is 0 Å². The van der Waals surface area contributed by atoms with E-state index in [1.54, 1.807) is 0 Å². The molecule has 0 aromatic rings. The second-order valence-corrected chi connectivity index (χ2v) is 9.09. The molecular weight excluding hydrogens is 312 g/mol. The highest BCUT2D eigenvalue weighted by Crippen LogP contribution is 2.65. The molecule has 4 aliphatic rings. The molecule has 2 saturated carbocycles. The summed E-state index contributed by atoms with van der Waals surface area (Å²) in [5, 5.41) is 25.4. The lowest BCUT2D eigenvalue weighted by molar-refractivity contribution is -0.0241. The third-order valence-electron chi connectivity index (χ3n) is 8.23. The number of allylic oxidation sites excluding steroid dienone is 4. The molecule has 5 atom stereocenters. The van der Waals surface area contributed by atoms with Gasteiger partial charge in [-0.2, -0.15) is 0 Å². The fourth-order valence-electron chi connectivity index (χ4n) is 6.83. The first-order chi connectivity index (χ1) is 11.9. The van der Waals surface area contributed by atoms with Crippen LogP contribution in [0.5, 0.6) is 0 Å². The number of hydrogen-bond acceptors (Lipinski definition) is 4. The van der Waals surface area contributed by atoms with Crippen LogP contribution in [0.3, 0.4) is 0 Å². The van der Waals surface area contributed by atoms with Gasteiger partial charge in [-0.25, -0.2) is 0 Å². The molecule has 4 nitrogen and oxygen atoms in total. The van der Waals surface area contributed by atoms with Crippen LogP contribution in [0.4, 0.5) is 0 Å². The first-order valence-electron chi connectivity index (χ1n) is 9.75. The molecule has 0 saturated heterocycles. The van der Waals surface area contributed by atoms with Gasteiger partial charge in [0.05, 0.1) is 11.4 Å². The van der Waals surface area contributed by atoms with Gasteiger partial charge in [-0.05, 0) is 92.1 Å². The van der Waals surface area contributed by atoms with Crippen LogP contribution in [0, 0.1) is 28.6 Å². The van der Waals surface area contributed by atoms with Crippen molar-refractivity contribution in [3.05, 3.63) is 23.3 Å². The van der Waals surface area contributed by atoms with Gasteiger partial charge in [0.25, 0.3) is 0 Å². The van der Waals surface area contributed by atoms with Crippen molar-refractivity contribution in [2.24, 2.45) is 38.9 Å². The molecule has 0 radical (unpaired) electrons. The van der Waals surface area contributed by atoms with Crippen molar-refractivity contribution < 1.29 is 10.4 Å². The highest BCUT2D eigenvalue weighted by molar-refractivity contribution is 5.99. The molecule has 0 aliphatic heterocycles. The highest BCUT2D eigenvalue weighted by Gasteiger charge is 2.57. The van der Waals surface area contributed by atoms with Crippen molar-refractivity contribution in [2.45, 2.75) is 65.7 Å². The van der Waals surface area contributed by atoms with E-state index in [0.717, 1.165) is 48.9 Å². The van der Waals surface area contributed by atoms with Crippen LogP contribution >= 0.6 is 0 Å². The Labute approximate surface area is 150 Å². The number of nitrogens with zero attached hydrogens (tertiary/aromatic N) is 2. The predicted octanol–water partition coefficient (Wildman–Crippen LogP) is 5.17. The molecule has 4 rings (SSSR count). The lowest BCUT2D eigenvalue weighted by atomic mass is 9.47. The zero-order chi connectivity index (χ0) is 17.8. The van der Waals surface area contributed by atoms with Crippen LogP contribution in [0.25, 0.3) is 0 Å². The van der Waals surface area contributed by atoms with Gasteiger partial charge in [0.2, 0.25) is 0 Å². The molecule has 2 fully saturated rings. The summed E-state index contributed by atoms with van der Waals surface area (Å²) in [4.78, 5) is 0. The zero-order valence-electron chi connectivity index (χ0n) is 15.6. The summed E-state index contributed by atoms with van der Waals surface area (Å²) in [5.41, 5.74) is 4.88. The minimum absolute atomic E-state index is 0.168. The average molecular weight is 342 g/mol. The Kier molecular flexibility index (Phi) is 3.86. The minimum Gasteiger partial charge on any atom is -0.411 e. The second-order valence-electron chi connectivity index (χ2n) is 9.09. The standard InChI is InChI=1S/C21H30N2O2/c1-13(22-24)17-6-7-18-16-5-4-14-12-15(23-25)8-10-20(14,2)19(16)9-11-21(17,18)3/h6,12,16,18-19,24-25H,4-5,7-11H2,1-3H3. The molecule has 0 bridgehead atoms. The van der Waals surface area contributed by atoms with Gasteiger partial charge in [-0.1, -0.05) is 35.8 Å². The fraction of sp³-hybridized carbons (Fsp3) is 0.714. The van der Waals surface area contributed by atoms with Crippen molar-refractivity contribution in [2.75, 3.05) is 0 Å². The summed E-state index contributed by atoms with van der Waals surface area (Å²) in [7, 11) is 0. The van der Waals surface area contributed by atoms with Crippen molar-refractivity contribution in [3.8, 4) is 0 Å². The summed E-state index contributed by atoms with van der Waals surface area (Å²) in [6.07, 6.45) is 12.4. The number of fused-ring (bicyclic) bond motifs is 5. The first-order valence-corrected chi connectivity index (χ1v) is 9.75. The summed E-state index contributed by atoms with van der Waals surface area (Å²) < 4.78 is 0. The van der Waals surface area contributed by atoms with Gasteiger partial charge in [-0.3, -0.25) is 0 Å². The largest absolute Gasteiger partial charge is 0.411 e. The third kappa shape index (κ3) is 2.25. The van der Waals surface area contributed by atoms with Crippen LogP contribution < -0.4 is 0 Å². The number of oxime groups is 2. The number of rotatable bonds is 1. The summed E-state index contributed by atoms with van der Waals surface area (Å²) >= 11 is 0. The molecule has 0 spiro atoms. The Morgan fingerprint density at radius 3 is 2.60 bits per heavy atom. The highest BCUT2D eigenvalue weighted by atomic mass is 16.4. The minimum atomic E-state index is 0.168. The molecule has 25 heavy (non-hydrogen) atoms. The van der Waals surface area contributed by atoms with E-state index in [1.807, 2.05) is 6.92 Å². The number of hydrogen-bond donors (Lipinski definition) is 2. The van der Waals surface area contributed by atoms with Crippen LogP contribution in [-0.4, -0.2) is 21.8 Å². The van der Waals surface area contributed by atoms with Crippen LogP contribution in [-0.2, 0) is 0 Å². The summed E-state index contributed by atoms with van der Waals surface area (Å²) in [6, 6.07) is 0. The monoisotopic (exact) mass is 342 g/mol. The Morgan fingerprint density at radius 1 is 1.08 bits per heavy atom. The molecule has 5 unspecified atom stereocenters. The van der Waals surface area contributed by atoms with Crippen molar-refractivity contribution in [1.29, 1.82) is 0 Å². The van der Waals surface area contributed by atoms with Crippen LogP contribution in [0.1, 0.15) is 65.7 Å². The SMILES string of the molecule is CC(=NO)C1=CCC2C3CCC4=CC(=NO)CCC4(C)C3CCC12C. The second kappa shape index (κ2) is 5.72. The topological polar surface area (TPSA) is 65.2 Å². The zero-order valence-corrected chi connectivity index (χ0v) is 15.6. The summed E-state index contributed by atoms with van der Waals surface area (Å²) in [5.74, 6) is 2.14. The van der Waals surface area contributed by atoms with Gasteiger partial charge in [0.1, 0.15) is 0 Å². The van der Waals surface area contributed by atoms with Gasteiger partial charge < -0.3 is 10.4 Å². The van der Waals surface area contributed by atoms with Crippen molar-refractivity contribution >= 4 is 11.4 Å². The molecule has 0 aromatic heterocycles. The maximum Gasteiger partial charge on any atom is 0.0799 e. The van der Waals surface area contributed by atoms with E-state index in [-0.39, 0.29) is 10.8 Å². The predicted molar refractivity (Wildman–Crippen MR) is 99.3 cm³/mol. The van der Waals surface area contributed by atoms with Crippen molar-refractivity contribution in [1.82, 2.24) is 0 Å². The van der Waals surface area contributed by atoms with E-state index in [2.05, 4.69) is 36.3 Å².